The van der Waals surface area contributed by atoms with Gasteiger partial charge in [-0.2, -0.15) is 0 Å². The topological polar surface area (TPSA) is 71.1 Å². The molecular weight excluding hydrogens is 298 g/mol. The highest BCUT2D eigenvalue weighted by Gasteiger charge is 2.32. The molecule has 7 nitrogen and oxygen atoms in total. The second kappa shape index (κ2) is 8.38. The van der Waals surface area contributed by atoms with Crippen molar-refractivity contribution in [3.63, 3.8) is 0 Å². The standard InChI is InChI=1S/C16H23N3O4/c1-22-11-5-8-17-15(20)12-18-9-10-19(16(18)21)13-6-3-4-7-14(13)23-2/h3-4,6-7H,5,8-12H2,1-2H3,(H,17,20). The minimum Gasteiger partial charge on any atom is -0.495 e. The Bertz CT molecular complexity index is 550. The number of benzene rings is 1. The Labute approximate surface area is 136 Å². The van der Waals surface area contributed by atoms with Crippen LogP contribution in [0, 0.1) is 0 Å². The summed E-state index contributed by atoms with van der Waals surface area (Å²) < 4.78 is 10.2. The molecule has 0 spiro atoms. The predicted octanol–water partition coefficient (Wildman–Crippen LogP) is 1.09. The Balaban J connectivity index is 1.90. The zero-order valence-electron chi connectivity index (χ0n) is 13.6. The Kier molecular flexibility index (Phi) is 6.22. The van der Waals surface area contributed by atoms with Crippen LogP contribution in [0.25, 0.3) is 0 Å². The van der Waals surface area contributed by atoms with Crippen molar-refractivity contribution in [2.45, 2.75) is 6.42 Å². The van der Waals surface area contributed by atoms with Crippen LogP contribution in [0.4, 0.5) is 10.5 Å². The van der Waals surface area contributed by atoms with Crippen molar-refractivity contribution < 1.29 is 19.1 Å². The molecule has 0 radical (unpaired) electrons. The molecule has 1 aliphatic heterocycles. The number of anilines is 1. The molecule has 1 fully saturated rings. The van der Waals surface area contributed by atoms with Gasteiger partial charge in [0, 0.05) is 33.4 Å². The second-order valence-corrected chi connectivity index (χ2v) is 5.22. The number of urea groups is 1. The summed E-state index contributed by atoms with van der Waals surface area (Å²) in [5, 5.41) is 2.79. The molecule has 0 saturated carbocycles. The monoisotopic (exact) mass is 321 g/mol. The molecular formula is C16H23N3O4. The molecule has 3 amide bonds. The van der Waals surface area contributed by atoms with E-state index in [-0.39, 0.29) is 18.5 Å². The lowest BCUT2D eigenvalue weighted by Crippen LogP contribution is -2.40. The fraction of sp³-hybridized carbons (Fsp3) is 0.500. The van der Waals surface area contributed by atoms with Gasteiger partial charge in [0.05, 0.1) is 12.8 Å². The number of carbonyl (C=O) groups excluding carboxylic acids is 2. The van der Waals surface area contributed by atoms with Gasteiger partial charge in [0.25, 0.3) is 0 Å². The molecule has 1 saturated heterocycles. The van der Waals surface area contributed by atoms with Gasteiger partial charge in [-0.15, -0.1) is 0 Å². The number of rotatable bonds is 8. The highest BCUT2D eigenvalue weighted by Crippen LogP contribution is 2.30. The summed E-state index contributed by atoms with van der Waals surface area (Å²) in [4.78, 5) is 27.5. The van der Waals surface area contributed by atoms with Crippen LogP contribution in [0.15, 0.2) is 24.3 Å². The third kappa shape index (κ3) is 4.35. The van der Waals surface area contributed by atoms with E-state index in [1.54, 1.807) is 19.1 Å². The van der Waals surface area contributed by atoms with Gasteiger partial charge in [-0.1, -0.05) is 12.1 Å². The smallest absolute Gasteiger partial charge is 0.325 e. The van der Waals surface area contributed by atoms with E-state index in [2.05, 4.69) is 5.32 Å². The first kappa shape index (κ1) is 17.1. The number of nitrogens with one attached hydrogen (secondary N) is 1. The quantitative estimate of drug-likeness (QED) is 0.728. The summed E-state index contributed by atoms with van der Waals surface area (Å²) >= 11 is 0. The number of hydrogen-bond acceptors (Lipinski definition) is 4. The van der Waals surface area contributed by atoms with Crippen molar-refractivity contribution in [2.75, 3.05) is 51.9 Å². The van der Waals surface area contributed by atoms with Crippen molar-refractivity contribution in [3.8, 4) is 5.75 Å². The molecule has 0 unspecified atom stereocenters. The number of ether oxygens (including phenoxy) is 2. The SMILES string of the molecule is COCCCNC(=O)CN1CCN(c2ccccc2OC)C1=O. The summed E-state index contributed by atoms with van der Waals surface area (Å²) in [6.45, 7) is 2.27. The average molecular weight is 321 g/mol. The highest BCUT2D eigenvalue weighted by atomic mass is 16.5. The summed E-state index contributed by atoms with van der Waals surface area (Å²) in [7, 11) is 3.20. The number of para-hydroxylation sites is 2. The molecule has 23 heavy (non-hydrogen) atoms. The number of nitrogens with zero attached hydrogens (tertiary/aromatic N) is 2. The minimum atomic E-state index is -0.179. The number of amides is 3. The van der Waals surface area contributed by atoms with Gasteiger partial charge in [-0.25, -0.2) is 4.79 Å². The summed E-state index contributed by atoms with van der Waals surface area (Å²) in [5.74, 6) is 0.489. The Morgan fingerprint density at radius 2 is 2.04 bits per heavy atom. The van der Waals surface area contributed by atoms with Gasteiger partial charge in [-0.3, -0.25) is 9.69 Å². The van der Waals surface area contributed by atoms with Gasteiger partial charge >= 0.3 is 6.03 Å². The van der Waals surface area contributed by atoms with Crippen molar-refractivity contribution in [2.24, 2.45) is 0 Å². The van der Waals surface area contributed by atoms with Crippen LogP contribution in [-0.2, 0) is 9.53 Å². The zero-order valence-corrected chi connectivity index (χ0v) is 13.6. The van der Waals surface area contributed by atoms with Crippen LogP contribution in [0.2, 0.25) is 0 Å². The van der Waals surface area contributed by atoms with Crippen molar-refractivity contribution in [1.82, 2.24) is 10.2 Å². The largest absolute Gasteiger partial charge is 0.495 e. The van der Waals surface area contributed by atoms with Crippen LogP contribution in [-0.4, -0.2) is 63.8 Å². The molecule has 0 aromatic heterocycles. The third-order valence-corrected chi connectivity index (χ3v) is 3.65. The van der Waals surface area contributed by atoms with Crippen LogP contribution >= 0.6 is 0 Å². The summed E-state index contributed by atoms with van der Waals surface area (Å²) in [6, 6.07) is 7.19. The lowest BCUT2D eigenvalue weighted by molar-refractivity contribution is -0.121. The third-order valence-electron chi connectivity index (χ3n) is 3.65. The molecule has 1 N–H and O–H groups in total. The zero-order chi connectivity index (χ0) is 16.7. The van der Waals surface area contributed by atoms with E-state index in [4.69, 9.17) is 9.47 Å². The maximum Gasteiger partial charge on any atom is 0.325 e. The molecule has 126 valence electrons. The Morgan fingerprint density at radius 1 is 1.26 bits per heavy atom. The van der Waals surface area contributed by atoms with E-state index in [0.717, 1.165) is 12.1 Å². The maximum atomic E-state index is 12.5. The molecule has 0 bridgehead atoms. The van der Waals surface area contributed by atoms with E-state index in [0.29, 0.717) is 32.0 Å². The first-order valence-corrected chi connectivity index (χ1v) is 7.62. The van der Waals surface area contributed by atoms with Gasteiger partial charge < -0.3 is 19.7 Å². The normalized spacial score (nSPS) is 14.3. The van der Waals surface area contributed by atoms with Crippen LogP contribution in [0.3, 0.4) is 0 Å². The average Bonchev–Trinajstić information content (AvgIpc) is 2.92. The van der Waals surface area contributed by atoms with Crippen molar-refractivity contribution >= 4 is 17.6 Å². The number of methoxy groups -OCH3 is 2. The molecule has 1 aromatic rings. The molecule has 1 aromatic carbocycles. The second-order valence-electron chi connectivity index (χ2n) is 5.22. The van der Waals surface area contributed by atoms with Gasteiger partial charge in [0.2, 0.25) is 5.91 Å². The van der Waals surface area contributed by atoms with Gasteiger partial charge in [-0.05, 0) is 18.6 Å². The molecule has 0 atom stereocenters. The summed E-state index contributed by atoms with van der Waals surface area (Å²) in [6.07, 6.45) is 0.753. The van der Waals surface area contributed by atoms with Crippen LogP contribution in [0.1, 0.15) is 6.42 Å². The maximum absolute atomic E-state index is 12.5. The molecule has 0 aliphatic carbocycles. The first-order valence-electron chi connectivity index (χ1n) is 7.62. The van der Waals surface area contributed by atoms with E-state index in [1.807, 2.05) is 24.3 Å². The predicted molar refractivity (Wildman–Crippen MR) is 86.8 cm³/mol. The summed E-state index contributed by atoms with van der Waals surface area (Å²) in [5.41, 5.74) is 0.725. The van der Waals surface area contributed by atoms with Gasteiger partial charge in [0.15, 0.2) is 0 Å². The fourth-order valence-electron chi connectivity index (χ4n) is 2.48. The van der Waals surface area contributed by atoms with Crippen LogP contribution < -0.4 is 15.0 Å². The lowest BCUT2D eigenvalue weighted by atomic mass is 10.2. The molecule has 2 rings (SSSR count). The van der Waals surface area contributed by atoms with Crippen molar-refractivity contribution in [1.29, 1.82) is 0 Å². The molecule has 7 heteroatoms. The Morgan fingerprint density at radius 3 is 2.78 bits per heavy atom. The van der Waals surface area contributed by atoms with E-state index < -0.39 is 0 Å². The van der Waals surface area contributed by atoms with E-state index in [9.17, 15) is 9.59 Å². The van der Waals surface area contributed by atoms with E-state index >= 15 is 0 Å². The van der Waals surface area contributed by atoms with E-state index in [1.165, 1.54) is 4.90 Å². The lowest BCUT2D eigenvalue weighted by Gasteiger charge is -2.20. The first-order chi connectivity index (χ1) is 11.2. The Hall–Kier alpha value is -2.28. The van der Waals surface area contributed by atoms with Gasteiger partial charge in [0.1, 0.15) is 12.3 Å². The number of carbonyl (C=O) groups is 2. The molecule has 1 heterocycles. The minimum absolute atomic E-state index is 0.0669. The fourth-order valence-corrected chi connectivity index (χ4v) is 2.48. The highest BCUT2D eigenvalue weighted by molar-refractivity contribution is 5.97. The van der Waals surface area contributed by atoms with Crippen molar-refractivity contribution in [3.05, 3.63) is 24.3 Å². The number of hydrogen-bond donors (Lipinski definition) is 1. The van der Waals surface area contributed by atoms with Crippen LogP contribution in [0.5, 0.6) is 5.75 Å². The molecule has 1 aliphatic rings.